The SMILES string of the molecule is COc1ccc(OC)c(/C=C/C(=O)OCC(=O)Nc2ccc(OC(F)F)cc2)c1. The quantitative estimate of drug-likeness (QED) is 0.506. The molecule has 1 N–H and O–H groups in total. The summed E-state index contributed by atoms with van der Waals surface area (Å²) in [5.41, 5.74) is 0.934. The minimum atomic E-state index is -2.93. The van der Waals surface area contributed by atoms with Crippen molar-refractivity contribution in [1.82, 2.24) is 0 Å². The summed E-state index contributed by atoms with van der Waals surface area (Å²) in [5.74, 6) is -0.239. The van der Waals surface area contributed by atoms with Crippen LogP contribution in [0.4, 0.5) is 14.5 Å². The number of esters is 1. The molecule has 0 atom stereocenters. The predicted octanol–water partition coefficient (Wildman–Crippen LogP) is 3.50. The summed E-state index contributed by atoms with van der Waals surface area (Å²) in [6.07, 6.45) is 2.63. The molecule has 0 heterocycles. The maximum Gasteiger partial charge on any atom is 0.387 e. The summed E-state index contributed by atoms with van der Waals surface area (Å²) in [5, 5.41) is 2.47. The van der Waals surface area contributed by atoms with Crippen molar-refractivity contribution in [3.05, 3.63) is 54.1 Å². The molecule has 0 unspecified atom stereocenters. The lowest BCUT2D eigenvalue weighted by Crippen LogP contribution is -2.20. The van der Waals surface area contributed by atoms with Crippen LogP contribution in [0.5, 0.6) is 17.2 Å². The van der Waals surface area contributed by atoms with Gasteiger partial charge in [0.05, 0.1) is 14.2 Å². The zero-order valence-electron chi connectivity index (χ0n) is 15.7. The highest BCUT2D eigenvalue weighted by atomic mass is 19.3. The standard InChI is InChI=1S/C20H19F2NO6/c1-26-16-8-9-17(27-2)13(11-16)3-10-19(25)28-12-18(24)23-14-4-6-15(7-5-14)29-20(21)22/h3-11,20H,12H2,1-2H3,(H,23,24)/b10-3+. The van der Waals surface area contributed by atoms with Crippen molar-refractivity contribution in [1.29, 1.82) is 0 Å². The first-order valence-corrected chi connectivity index (χ1v) is 8.33. The molecule has 154 valence electrons. The maximum absolute atomic E-state index is 12.1. The van der Waals surface area contributed by atoms with Crippen LogP contribution in [-0.4, -0.2) is 39.3 Å². The zero-order chi connectivity index (χ0) is 21.2. The van der Waals surface area contributed by atoms with Crippen molar-refractivity contribution in [2.24, 2.45) is 0 Å². The normalized spacial score (nSPS) is 10.7. The molecule has 0 fully saturated rings. The van der Waals surface area contributed by atoms with E-state index in [9.17, 15) is 18.4 Å². The second kappa shape index (κ2) is 10.6. The van der Waals surface area contributed by atoms with Crippen molar-refractivity contribution < 1.29 is 37.3 Å². The number of rotatable bonds is 9. The molecule has 0 aliphatic carbocycles. The Morgan fingerprint density at radius 1 is 1.03 bits per heavy atom. The molecule has 2 aromatic rings. The molecule has 2 aromatic carbocycles. The Morgan fingerprint density at radius 2 is 1.72 bits per heavy atom. The van der Waals surface area contributed by atoms with Gasteiger partial charge >= 0.3 is 12.6 Å². The third-order valence-electron chi connectivity index (χ3n) is 3.54. The highest BCUT2D eigenvalue weighted by Gasteiger charge is 2.08. The van der Waals surface area contributed by atoms with Crippen LogP contribution in [0.15, 0.2) is 48.5 Å². The number of hydrogen-bond acceptors (Lipinski definition) is 6. The Labute approximate surface area is 165 Å². The number of halogens is 2. The van der Waals surface area contributed by atoms with Crippen LogP contribution in [-0.2, 0) is 14.3 Å². The molecule has 2 rings (SSSR count). The van der Waals surface area contributed by atoms with Crippen molar-refractivity contribution in [2.75, 3.05) is 26.1 Å². The average Bonchev–Trinajstić information content (AvgIpc) is 2.71. The third-order valence-corrected chi connectivity index (χ3v) is 3.54. The van der Waals surface area contributed by atoms with Gasteiger partial charge in [-0.2, -0.15) is 8.78 Å². The Morgan fingerprint density at radius 3 is 2.34 bits per heavy atom. The van der Waals surface area contributed by atoms with Crippen molar-refractivity contribution >= 4 is 23.6 Å². The monoisotopic (exact) mass is 407 g/mol. The largest absolute Gasteiger partial charge is 0.497 e. The van der Waals surface area contributed by atoms with Crippen LogP contribution in [0.3, 0.4) is 0 Å². The van der Waals surface area contributed by atoms with Gasteiger partial charge in [-0.15, -0.1) is 0 Å². The van der Waals surface area contributed by atoms with Gasteiger partial charge < -0.3 is 24.3 Å². The number of methoxy groups -OCH3 is 2. The number of ether oxygens (including phenoxy) is 4. The van der Waals surface area contributed by atoms with Gasteiger partial charge in [0.15, 0.2) is 6.61 Å². The van der Waals surface area contributed by atoms with Gasteiger partial charge in [-0.05, 0) is 48.5 Å². The number of hydrogen-bond donors (Lipinski definition) is 1. The van der Waals surface area contributed by atoms with E-state index in [1.807, 2.05) is 0 Å². The lowest BCUT2D eigenvalue weighted by atomic mass is 10.1. The molecule has 29 heavy (non-hydrogen) atoms. The Balaban J connectivity index is 1.85. The molecule has 0 radical (unpaired) electrons. The van der Waals surface area contributed by atoms with Gasteiger partial charge in [0, 0.05) is 17.3 Å². The van der Waals surface area contributed by atoms with E-state index in [0.29, 0.717) is 22.7 Å². The van der Waals surface area contributed by atoms with E-state index in [1.54, 1.807) is 18.2 Å². The highest BCUT2D eigenvalue weighted by Crippen LogP contribution is 2.25. The van der Waals surface area contributed by atoms with Gasteiger partial charge in [-0.1, -0.05) is 0 Å². The zero-order valence-corrected chi connectivity index (χ0v) is 15.7. The molecule has 0 aliphatic heterocycles. The number of amides is 1. The minimum absolute atomic E-state index is 0.0393. The van der Waals surface area contributed by atoms with E-state index in [-0.39, 0.29) is 5.75 Å². The van der Waals surface area contributed by atoms with E-state index >= 15 is 0 Å². The number of nitrogens with one attached hydrogen (secondary N) is 1. The molecule has 1 amide bonds. The molecule has 0 saturated heterocycles. The third kappa shape index (κ3) is 7.13. The van der Waals surface area contributed by atoms with Crippen LogP contribution < -0.4 is 19.5 Å². The summed E-state index contributed by atoms with van der Waals surface area (Å²) < 4.78 is 43.6. The number of benzene rings is 2. The summed E-state index contributed by atoms with van der Waals surface area (Å²) in [6.45, 7) is -3.45. The van der Waals surface area contributed by atoms with Gasteiger partial charge in [0.25, 0.3) is 5.91 Å². The molecule has 0 aliphatic rings. The van der Waals surface area contributed by atoms with Gasteiger partial charge in [0.1, 0.15) is 17.2 Å². The van der Waals surface area contributed by atoms with Crippen LogP contribution in [0.1, 0.15) is 5.56 Å². The second-order valence-electron chi connectivity index (χ2n) is 5.50. The van der Waals surface area contributed by atoms with E-state index in [0.717, 1.165) is 6.08 Å². The average molecular weight is 407 g/mol. The van der Waals surface area contributed by atoms with Crippen molar-refractivity contribution in [3.63, 3.8) is 0 Å². The van der Waals surface area contributed by atoms with E-state index < -0.39 is 25.1 Å². The summed E-state index contributed by atoms with van der Waals surface area (Å²) in [6, 6.07) is 10.4. The fraction of sp³-hybridized carbons (Fsp3) is 0.200. The van der Waals surface area contributed by atoms with Gasteiger partial charge in [0.2, 0.25) is 0 Å². The van der Waals surface area contributed by atoms with E-state index in [2.05, 4.69) is 10.1 Å². The Hall–Kier alpha value is -3.62. The number of carbonyl (C=O) groups is 2. The van der Waals surface area contributed by atoms with Gasteiger partial charge in [-0.3, -0.25) is 4.79 Å². The molecular weight excluding hydrogens is 388 g/mol. The van der Waals surface area contributed by atoms with Crippen molar-refractivity contribution in [3.8, 4) is 17.2 Å². The maximum atomic E-state index is 12.1. The first kappa shape index (κ1) is 21.7. The lowest BCUT2D eigenvalue weighted by molar-refractivity contribution is -0.142. The summed E-state index contributed by atoms with van der Waals surface area (Å²) in [4.78, 5) is 23.7. The fourth-order valence-electron chi connectivity index (χ4n) is 2.23. The molecule has 7 nitrogen and oxygen atoms in total. The van der Waals surface area contributed by atoms with E-state index in [1.165, 1.54) is 44.6 Å². The van der Waals surface area contributed by atoms with Gasteiger partial charge in [-0.25, -0.2) is 4.79 Å². The number of carbonyl (C=O) groups excluding carboxylic acids is 2. The Kier molecular flexibility index (Phi) is 7.96. The molecule has 0 spiro atoms. The molecule has 0 saturated carbocycles. The Bertz CT molecular complexity index is 868. The summed E-state index contributed by atoms with van der Waals surface area (Å²) in [7, 11) is 3.01. The lowest BCUT2D eigenvalue weighted by Gasteiger charge is -2.08. The highest BCUT2D eigenvalue weighted by molar-refractivity contribution is 5.94. The molecule has 9 heteroatoms. The predicted molar refractivity (Wildman–Crippen MR) is 101 cm³/mol. The van der Waals surface area contributed by atoms with E-state index in [4.69, 9.17) is 14.2 Å². The van der Waals surface area contributed by atoms with Crippen molar-refractivity contribution in [2.45, 2.75) is 6.61 Å². The molecule has 0 bridgehead atoms. The smallest absolute Gasteiger partial charge is 0.387 e. The molecule has 0 aromatic heterocycles. The van der Waals surface area contributed by atoms with Crippen LogP contribution in [0.2, 0.25) is 0 Å². The second-order valence-corrected chi connectivity index (χ2v) is 5.50. The molecular formula is C20H19F2NO6. The fourth-order valence-corrected chi connectivity index (χ4v) is 2.23. The topological polar surface area (TPSA) is 83.1 Å². The minimum Gasteiger partial charge on any atom is -0.497 e. The van der Waals surface area contributed by atoms with Crippen LogP contribution in [0, 0.1) is 0 Å². The number of anilines is 1. The first-order valence-electron chi connectivity index (χ1n) is 8.33. The van der Waals surface area contributed by atoms with Crippen LogP contribution in [0.25, 0.3) is 6.08 Å². The first-order chi connectivity index (χ1) is 13.9. The van der Waals surface area contributed by atoms with Crippen LogP contribution >= 0.6 is 0 Å². The number of alkyl halides is 2. The summed E-state index contributed by atoms with van der Waals surface area (Å²) >= 11 is 0.